The number of benzene rings is 3. The number of hydrogen-bond donors (Lipinski definition) is 2. The highest BCUT2D eigenvalue weighted by atomic mass is 16.2. The SMILES string of the molecule is Cc1ccc(CCCC(=O)NC(C(=O)Nc2ccccc2)c2ccccc2)cc1. The van der Waals surface area contributed by atoms with Crippen LogP contribution in [0.1, 0.15) is 35.6 Å². The molecule has 3 aromatic rings. The van der Waals surface area contributed by atoms with Crippen LogP contribution >= 0.6 is 0 Å². The van der Waals surface area contributed by atoms with Gasteiger partial charge < -0.3 is 10.6 Å². The molecule has 148 valence electrons. The van der Waals surface area contributed by atoms with Gasteiger partial charge in [-0.25, -0.2) is 0 Å². The number of carbonyl (C=O) groups is 2. The average molecular weight is 386 g/mol. The lowest BCUT2D eigenvalue weighted by Gasteiger charge is -2.19. The highest BCUT2D eigenvalue weighted by Gasteiger charge is 2.22. The highest BCUT2D eigenvalue weighted by Crippen LogP contribution is 2.17. The van der Waals surface area contributed by atoms with Crippen LogP contribution in [-0.2, 0) is 16.0 Å². The van der Waals surface area contributed by atoms with Gasteiger partial charge in [0.2, 0.25) is 5.91 Å². The maximum atomic E-state index is 12.8. The van der Waals surface area contributed by atoms with E-state index in [9.17, 15) is 9.59 Å². The number of hydrogen-bond acceptors (Lipinski definition) is 2. The Morgan fingerprint density at radius 2 is 1.45 bits per heavy atom. The number of nitrogens with one attached hydrogen (secondary N) is 2. The lowest BCUT2D eigenvalue weighted by molar-refractivity contribution is -0.126. The van der Waals surface area contributed by atoms with Crippen LogP contribution in [0.25, 0.3) is 0 Å². The molecule has 0 heterocycles. The van der Waals surface area contributed by atoms with Crippen LogP contribution in [0.15, 0.2) is 84.9 Å². The van der Waals surface area contributed by atoms with Gasteiger partial charge in [-0.1, -0.05) is 78.4 Å². The van der Waals surface area contributed by atoms with Crippen molar-refractivity contribution in [3.8, 4) is 0 Å². The van der Waals surface area contributed by atoms with E-state index in [1.807, 2.05) is 60.7 Å². The Hall–Kier alpha value is -3.40. The third-order valence-electron chi connectivity index (χ3n) is 4.73. The van der Waals surface area contributed by atoms with Crippen LogP contribution in [0.3, 0.4) is 0 Å². The van der Waals surface area contributed by atoms with Crippen molar-refractivity contribution in [2.45, 2.75) is 32.2 Å². The highest BCUT2D eigenvalue weighted by molar-refractivity contribution is 5.97. The van der Waals surface area contributed by atoms with Crippen LogP contribution in [0.5, 0.6) is 0 Å². The fourth-order valence-electron chi connectivity index (χ4n) is 3.12. The van der Waals surface area contributed by atoms with E-state index in [4.69, 9.17) is 0 Å². The number of para-hydroxylation sites is 1. The molecule has 0 fully saturated rings. The van der Waals surface area contributed by atoms with Gasteiger partial charge in [-0.2, -0.15) is 0 Å². The predicted molar refractivity (Wildman–Crippen MR) is 117 cm³/mol. The summed E-state index contributed by atoms with van der Waals surface area (Å²) in [6, 6.07) is 26.2. The van der Waals surface area contributed by atoms with Crippen molar-refractivity contribution in [3.05, 3.63) is 102 Å². The largest absolute Gasteiger partial charge is 0.341 e. The molecule has 29 heavy (non-hydrogen) atoms. The van der Waals surface area contributed by atoms with E-state index < -0.39 is 6.04 Å². The minimum Gasteiger partial charge on any atom is -0.341 e. The van der Waals surface area contributed by atoms with Gasteiger partial charge in [0.1, 0.15) is 6.04 Å². The summed E-state index contributed by atoms with van der Waals surface area (Å²) in [6.45, 7) is 2.06. The van der Waals surface area contributed by atoms with Gasteiger partial charge in [0.05, 0.1) is 0 Å². The van der Waals surface area contributed by atoms with Crippen LogP contribution in [-0.4, -0.2) is 11.8 Å². The Morgan fingerprint density at radius 3 is 2.10 bits per heavy atom. The molecule has 0 saturated heterocycles. The molecule has 0 saturated carbocycles. The molecular weight excluding hydrogens is 360 g/mol. The topological polar surface area (TPSA) is 58.2 Å². The molecule has 4 heteroatoms. The molecule has 0 bridgehead atoms. The Morgan fingerprint density at radius 1 is 0.828 bits per heavy atom. The van der Waals surface area contributed by atoms with E-state index in [0.29, 0.717) is 12.1 Å². The van der Waals surface area contributed by atoms with Gasteiger partial charge >= 0.3 is 0 Å². The van der Waals surface area contributed by atoms with E-state index in [0.717, 1.165) is 18.4 Å². The molecule has 1 unspecified atom stereocenters. The Labute approximate surface area is 172 Å². The lowest BCUT2D eigenvalue weighted by atomic mass is 10.0. The van der Waals surface area contributed by atoms with E-state index in [-0.39, 0.29) is 11.8 Å². The molecule has 1 atom stereocenters. The fraction of sp³-hybridized carbons (Fsp3) is 0.200. The van der Waals surface area contributed by atoms with E-state index in [1.165, 1.54) is 11.1 Å². The summed E-state index contributed by atoms with van der Waals surface area (Å²) < 4.78 is 0. The first-order chi connectivity index (χ1) is 14.1. The molecule has 3 aromatic carbocycles. The molecule has 0 aromatic heterocycles. The zero-order valence-corrected chi connectivity index (χ0v) is 16.6. The van der Waals surface area contributed by atoms with Gasteiger partial charge in [0.25, 0.3) is 5.91 Å². The molecule has 4 nitrogen and oxygen atoms in total. The third-order valence-corrected chi connectivity index (χ3v) is 4.73. The minimum atomic E-state index is -0.733. The number of amides is 2. The van der Waals surface area contributed by atoms with Crippen LogP contribution in [0.2, 0.25) is 0 Å². The summed E-state index contributed by atoms with van der Waals surface area (Å²) in [4.78, 5) is 25.4. The predicted octanol–water partition coefficient (Wildman–Crippen LogP) is 4.81. The summed E-state index contributed by atoms with van der Waals surface area (Å²) in [5.74, 6) is -0.386. The number of carbonyl (C=O) groups excluding carboxylic acids is 2. The van der Waals surface area contributed by atoms with Crippen molar-refractivity contribution in [1.82, 2.24) is 5.32 Å². The molecular formula is C25H26N2O2. The Bertz CT molecular complexity index is 922. The monoisotopic (exact) mass is 386 g/mol. The van der Waals surface area contributed by atoms with Crippen molar-refractivity contribution in [1.29, 1.82) is 0 Å². The van der Waals surface area contributed by atoms with E-state index >= 15 is 0 Å². The molecule has 2 N–H and O–H groups in total. The number of rotatable bonds is 8. The zero-order chi connectivity index (χ0) is 20.5. The first kappa shape index (κ1) is 20.3. The Balaban J connectivity index is 1.61. The van der Waals surface area contributed by atoms with Crippen LogP contribution < -0.4 is 10.6 Å². The van der Waals surface area contributed by atoms with Crippen molar-refractivity contribution in [2.75, 3.05) is 5.32 Å². The van der Waals surface area contributed by atoms with Crippen molar-refractivity contribution in [3.63, 3.8) is 0 Å². The van der Waals surface area contributed by atoms with E-state index in [1.54, 1.807) is 0 Å². The maximum Gasteiger partial charge on any atom is 0.251 e. The summed E-state index contributed by atoms with van der Waals surface area (Å²) in [5, 5.41) is 5.78. The van der Waals surface area contributed by atoms with Gasteiger partial charge in [-0.3, -0.25) is 9.59 Å². The minimum absolute atomic E-state index is 0.130. The average Bonchev–Trinajstić information content (AvgIpc) is 2.75. The van der Waals surface area contributed by atoms with Gasteiger partial charge in [0.15, 0.2) is 0 Å². The third kappa shape index (κ3) is 6.32. The Kier molecular flexibility index (Phi) is 7.17. The molecule has 0 radical (unpaired) electrons. The number of aryl methyl sites for hydroxylation is 2. The van der Waals surface area contributed by atoms with Crippen molar-refractivity contribution >= 4 is 17.5 Å². The second-order valence-electron chi connectivity index (χ2n) is 7.11. The van der Waals surface area contributed by atoms with Crippen molar-refractivity contribution in [2.24, 2.45) is 0 Å². The molecule has 0 spiro atoms. The van der Waals surface area contributed by atoms with E-state index in [2.05, 4.69) is 41.8 Å². The van der Waals surface area contributed by atoms with Gasteiger partial charge in [0, 0.05) is 12.1 Å². The second-order valence-corrected chi connectivity index (χ2v) is 7.11. The number of anilines is 1. The molecule has 0 aliphatic heterocycles. The molecule has 0 aliphatic carbocycles. The zero-order valence-electron chi connectivity index (χ0n) is 16.6. The molecule has 3 rings (SSSR count). The van der Waals surface area contributed by atoms with Crippen LogP contribution in [0.4, 0.5) is 5.69 Å². The fourth-order valence-corrected chi connectivity index (χ4v) is 3.12. The standard InChI is InChI=1S/C25H26N2O2/c1-19-15-17-20(18-16-19)9-8-14-23(28)27-24(21-10-4-2-5-11-21)25(29)26-22-12-6-3-7-13-22/h2-7,10-13,15-18,24H,8-9,14H2,1H3,(H,26,29)(H,27,28). The van der Waals surface area contributed by atoms with Gasteiger partial charge in [-0.05, 0) is 43.0 Å². The first-order valence-electron chi connectivity index (χ1n) is 9.87. The first-order valence-corrected chi connectivity index (χ1v) is 9.87. The normalized spacial score (nSPS) is 11.5. The maximum absolute atomic E-state index is 12.8. The van der Waals surface area contributed by atoms with Crippen LogP contribution in [0, 0.1) is 6.92 Å². The summed E-state index contributed by atoms with van der Waals surface area (Å²) in [7, 11) is 0. The van der Waals surface area contributed by atoms with Gasteiger partial charge in [-0.15, -0.1) is 0 Å². The second kappa shape index (κ2) is 10.2. The molecule has 2 amide bonds. The smallest absolute Gasteiger partial charge is 0.251 e. The summed E-state index contributed by atoms with van der Waals surface area (Å²) in [6.07, 6.45) is 1.94. The lowest BCUT2D eigenvalue weighted by Crippen LogP contribution is -2.36. The quantitative estimate of drug-likeness (QED) is 0.583. The summed E-state index contributed by atoms with van der Waals surface area (Å²) >= 11 is 0. The molecule has 0 aliphatic rings. The summed E-state index contributed by atoms with van der Waals surface area (Å²) in [5.41, 5.74) is 3.89. The van der Waals surface area contributed by atoms with Crippen molar-refractivity contribution < 1.29 is 9.59 Å².